The number of nitrogens with zero attached hydrogens (tertiary/aromatic N) is 1. The monoisotopic (exact) mass is 294 g/mol. The van der Waals surface area contributed by atoms with Crippen LogP contribution < -0.4 is 10.2 Å². The van der Waals surface area contributed by atoms with E-state index in [1.54, 1.807) is 17.0 Å². The Morgan fingerprint density at radius 2 is 1.73 bits per heavy atom. The van der Waals surface area contributed by atoms with E-state index in [1.165, 1.54) is 5.56 Å². The molecule has 0 atom stereocenters. The maximum Gasteiger partial charge on any atom is 0.236 e. The van der Waals surface area contributed by atoms with Crippen LogP contribution in [0.2, 0.25) is 0 Å². The number of hydrogen-bond acceptors (Lipinski definition) is 2. The minimum atomic E-state index is -0.278. The minimum Gasteiger partial charge on any atom is -0.326 e. The lowest BCUT2D eigenvalue weighted by atomic mass is 10.0. The number of aryl methyl sites for hydroxylation is 1. The molecule has 2 amide bonds. The van der Waals surface area contributed by atoms with Crippen molar-refractivity contribution >= 4 is 23.2 Å². The molecule has 1 N–H and O–H groups in total. The van der Waals surface area contributed by atoms with Crippen molar-refractivity contribution < 1.29 is 9.59 Å². The Morgan fingerprint density at radius 3 is 2.55 bits per heavy atom. The van der Waals surface area contributed by atoms with Gasteiger partial charge in [0.1, 0.15) is 6.42 Å². The largest absolute Gasteiger partial charge is 0.326 e. The van der Waals surface area contributed by atoms with Crippen molar-refractivity contribution in [2.45, 2.75) is 19.3 Å². The second kappa shape index (κ2) is 6.43. The van der Waals surface area contributed by atoms with E-state index in [0.29, 0.717) is 12.2 Å². The van der Waals surface area contributed by atoms with Gasteiger partial charge < -0.3 is 10.2 Å². The molecule has 4 heteroatoms. The van der Waals surface area contributed by atoms with Gasteiger partial charge in [0.2, 0.25) is 11.8 Å². The van der Waals surface area contributed by atoms with Crippen LogP contribution in [0.25, 0.3) is 0 Å². The molecule has 0 bridgehead atoms. The molecule has 112 valence electrons. The smallest absolute Gasteiger partial charge is 0.236 e. The average molecular weight is 294 g/mol. The highest BCUT2D eigenvalue weighted by Crippen LogP contribution is 2.27. The van der Waals surface area contributed by atoms with Crippen molar-refractivity contribution in [1.82, 2.24) is 0 Å². The second-order valence-electron chi connectivity index (χ2n) is 5.37. The number of hydrogen-bond donors (Lipinski definition) is 1. The topological polar surface area (TPSA) is 49.4 Å². The molecule has 1 heterocycles. The van der Waals surface area contributed by atoms with Crippen LogP contribution in [-0.2, 0) is 16.0 Å². The third kappa shape index (κ3) is 3.17. The number of nitrogens with one attached hydrogen (secondary N) is 1. The lowest BCUT2D eigenvalue weighted by Crippen LogP contribution is -2.37. The fourth-order valence-electron chi connectivity index (χ4n) is 2.75. The summed E-state index contributed by atoms with van der Waals surface area (Å²) in [6, 6.07) is 17.1. The van der Waals surface area contributed by atoms with Crippen LogP contribution >= 0.6 is 0 Å². The van der Waals surface area contributed by atoms with Gasteiger partial charge in [0.05, 0.1) is 0 Å². The molecule has 0 aromatic heterocycles. The van der Waals surface area contributed by atoms with E-state index in [1.807, 2.05) is 42.5 Å². The summed E-state index contributed by atoms with van der Waals surface area (Å²) in [5.41, 5.74) is 2.82. The van der Waals surface area contributed by atoms with Gasteiger partial charge >= 0.3 is 0 Å². The highest BCUT2D eigenvalue weighted by atomic mass is 16.2. The van der Waals surface area contributed by atoms with Crippen LogP contribution in [0.4, 0.5) is 11.4 Å². The molecule has 22 heavy (non-hydrogen) atoms. The van der Waals surface area contributed by atoms with Crippen LogP contribution in [0.1, 0.15) is 18.4 Å². The molecule has 0 fully saturated rings. The first kappa shape index (κ1) is 14.3. The molecule has 1 aliphatic rings. The first-order valence-electron chi connectivity index (χ1n) is 7.47. The number of anilines is 2. The van der Waals surface area contributed by atoms with Crippen LogP contribution in [0, 0.1) is 0 Å². The average Bonchev–Trinajstić information content (AvgIpc) is 2.55. The Morgan fingerprint density at radius 1 is 1.00 bits per heavy atom. The van der Waals surface area contributed by atoms with Crippen LogP contribution in [0.15, 0.2) is 54.6 Å². The predicted molar refractivity (Wildman–Crippen MR) is 86.8 cm³/mol. The fourth-order valence-corrected chi connectivity index (χ4v) is 2.75. The van der Waals surface area contributed by atoms with Gasteiger partial charge in [-0.05, 0) is 36.6 Å². The van der Waals surface area contributed by atoms with Gasteiger partial charge in [-0.15, -0.1) is 0 Å². The zero-order valence-electron chi connectivity index (χ0n) is 12.3. The van der Waals surface area contributed by atoms with Crippen LogP contribution in [0.3, 0.4) is 0 Å². The summed E-state index contributed by atoms with van der Waals surface area (Å²) < 4.78 is 0. The quantitative estimate of drug-likeness (QED) is 0.885. The van der Waals surface area contributed by atoms with Crippen molar-refractivity contribution in [3.05, 3.63) is 60.2 Å². The maximum absolute atomic E-state index is 12.4. The summed E-state index contributed by atoms with van der Waals surface area (Å²) >= 11 is 0. The second-order valence-corrected chi connectivity index (χ2v) is 5.37. The first-order valence-corrected chi connectivity index (χ1v) is 7.47. The van der Waals surface area contributed by atoms with Crippen molar-refractivity contribution in [3.63, 3.8) is 0 Å². The number of carbonyl (C=O) groups excluding carboxylic acids is 2. The Bertz CT molecular complexity index is 682. The highest BCUT2D eigenvalue weighted by molar-refractivity contribution is 6.09. The Balaban J connectivity index is 1.67. The molecule has 0 saturated heterocycles. The lowest BCUT2D eigenvalue weighted by Gasteiger charge is -2.29. The van der Waals surface area contributed by atoms with E-state index in [2.05, 4.69) is 5.32 Å². The van der Waals surface area contributed by atoms with Crippen molar-refractivity contribution in [3.8, 4) is 0 Å². The number of amides is 2. The molecule has 0 unspecified atom stereocenters. The summed E-state index contributed by atoms with van der Waals surface area (Å²) in [4.78, 5) is 26.2. The van der Waals surface area contributed by atoms with Gasteiger partial charge in [-0.1, -0.05) is 36.4 Å². The van der Waals surface area contributed by atoms with Crippen molar-refractivity contribution in [2.75, 3.05) is 16.8 Å². The number of benzene rings is 2. The molecule has 3 rings (SSSR count). The summed E-state index contributed by atoms with van der Waals surface area (Å²) in [5.74, 6) is -0.431. The van der Waals surface area contributed by atoms with E-state index in [9.17, 15) is 9.59 Å². The van der Waals surface area contributed by atoms with Gasteiger partial charge in [0.15, 0.2) is 0 Å². The number of carbonyl (C=O) groups is 2. The normalized spacial score (nSPS) is 13.4. The Labute approximate surface area is 129 Å². The predicted octanol–water partition coefficient (Wildman–Crippen LogP) is 2.99. The number of fused-ring (bicyclic) bond motifs is 1. The van der Waals surface area contributed by atoms with Gasteiger partial charge in [-0.2, -0.15) is 0 Å². The molecule has 2 aromatic rings. The van der Waals surface area contributed by atoms with E-state index < -0.39 is 0 Å². The molecule has 4 nitrogen and oxygen atoms in total. The Kier molecular flexibility index (Phi) is 4.19. The standard InChI is InChI=1S/C18H18N2O2/c21-17(19-15-9-2-1-3-10-15)13-18(22)20-12-6-8-14-7-4-5-11-16(14)20/h1-5,7,9-11H,6,8,12-13H2,(H,19,21). The highest BCUT2D eigenvalue weighted by Gasteiger charge is 2.23. The summed E-state index contributed by atoms with van der Waals surface area (Å²) in [7, 11) is 0. The number of para-hydroxylation sites is 2. The van der Waals surface area contributed by atoms with Crippen molar-refractivity contribution in [2.24, 2.45) is 0 Å². The minimum absolute atomic E-state index is 0.136. The van der Waals surface area contributed by atoms with Gasteiger partial charge in [-0.3, -0.25) is 9.59 Å². The van der Waals surface area contributed by atoms with E-state index in [-0.39, 0.29) is 18.2 Å². The van der Waals surface area contributed by atoms with Crippen LogP contribution in [0.5, 0.6) is 0 Å². The van der Waals surface area contributed by atoms with Crippen LogP contribution in [-0.4, -0.2) is 18.4 Å². The molecule has 0 aliphatic carbocycles. The maximum atomic E-state index is 12.4. The van der Waals surface area contributed by atoms with Crippen molar-refractivity contribution in [1.29, 1.82) is 0 Å². The van der Waals surface area contributed by atoms with E-state index in [4.69, 9.17) is 0 Å². The third-order valence-corrected chi connectivity index (χ3v) is 3.78. The summed E-state index contributed by atoms with van der Waals surface area (Å²) in [6.45, 7) is 0.675. The Hall–Kier alpha value is -2.62. The third-order valence-electron chi connectivity index (χ3n) is 3.78. The SMILES string of the molecule is O=C(CC(=O)N1CCCc2ccccc21)Nc1ccccc1. The molecular formula is C18H18N2O2. The molecule has 2 aromatic carbocycles. The zero-order valence-corrected chi connectivity index (χ0v) is 12.3. The molecule has 0 radical (unpaired) electrons. The zero-order chi connectivity index (χ0) is 15.4. The van der Waals surface area contributed by atoms with Gasteiger partial charge in [-0.25, -0.2) is 0 Å². The number of rotatable bonds is 3. The fraction of sp³-hybridized carbons (Fsp3) is 0.222. The van der Waals surface area contributed by atoms with Gasteiger partial charge in [0, 0.05) is 17.9 Å². The molecule has 0 spiro atoms. The first-order chi connectivity index (χ1) is 10.7. The summed E-state index contributed by atoms with van der Waals surface area (Å²) in [5, 5.41) is 2.75. The van der Waals surface area contributed by atoms with E-state index >= 15 is 0 Å². The lowest BCUT2D eigenvalue weighted by molar-refractivity contribution is -0.125. The summed E-state index contributed by atoms with van der Waals surface area (Å²) in [6.07, 6.45) is 1.78. The van der Waals surface area contributed by atoms with E-state index in [0.717, 1.165) is 18.5 Å². The molecule has 0 saturated carbocycles. The van der Waals surface area contributed by atoms with Gasteiger partial charge in [0.25, 0.3) is 0 Å². The molecule has 1 aliphatic heterocycles. The molecular weight excluding hydrogens is 276 g/mol.